The minimum Gasteiger partial charge on any atom is -0.489 e. The maximum atomic E-state index is 13.4. The van der Waals surface area contributed by atoms with Crippen LogP contribution in [0, 0.1) is 5.92 Å². The van der Waals surface area contributed by atoms with Gasteiger partial charge in [-0.15, -0.1) is 0 Å². The minimum atomic E-state index is -4.54. The first-order valence-corrected chi connectivity index (χ1v) is 9.19. The molecule has 2 atom stereocenters. The zero-order chi connectivity index (χ0) is 21.1. The summed E-state index contributed by atoms with van der Waals surface area (Å²) in [5.74, 6) is -3.11. The number of hydrogen-bond acceptors (Lipinski definition) is 6. The van der Waals surface area contributed by atoms with E-state index in [1.165, 1.54) is 0 Å². The first-order chi connectivity index (χ1) is 14.4. The summed E-state index contributed by atoms with van der Waals surface area (Å²) < 4.78 is 51.0. The molecule has 7 nitrogen and oxygen atoms in total. The van der Waals surface area contributed by atoms with Crippen LogP contribution < -0.4 is 10.1 Å². The Labute approximate surface area is 169 Å². The van der Waals surface area contributed by atoms with Crippen LogP contribution in [0.5, 0.6) is 5.75 Å². The predicted molar refractivity (Wildman–Crippen MR) is 98.2 cm³/mol. The van der Waals surface area contributed by atoms with E-state index in [2.05, 4.69) is 20.4 Å². The molecule has 1 fully saturated rings. The molecule has 30 heavy (non-hydrogen) atoms. The highest BCUT2D eigenvalue weighted by Crippen LogP contribution is 2.41. The number of aromatic nitrogens is 3. The summed E-state index contributed by atoms with van der Waals surface area (Å²) in [6.07, 6.45) is -1.85. The van der Waals surface area contributed by atoms with Crippen LogP contribution in [0.4, 0.5) is 13.2 Å². The Morgan fingerprint density at radius 1 is 1.23 bits per heavy atom. The van der Waals surface area contributed by atoms with Gasteiger partial charge in [0.05, 0.1) is 11.8 Å². The average molecular weight is 418 g/mol. The fourth-order valence-corrected chi connectivity index (χ4v) is 3.26. The number of piperidine rings is 1. The Morgan fingerprint density at radius 3 is 2.87 bits per heavy atom. The lowest BCUT2D eigenvalue weighted by atomic mass is 9.85. The maximum Gasteiger partial charge on any atom is 0.393 e. The number of carbonyl (C=O) groups excluding carboxylic acids is 1. The number of nitrogens with one attached hydrogen (secondary N) is 1. The molecule has 1 aromatic carbocycles. The molecule has 4 rings (SSSR count). The molecule has 2 unspecified atom stereocenters. The van der Waals surface area contributed by atoms with Gasteiger partial charge >= 0.3 is 6.18 Å². The number of rotatable bonds is 5. The maximum absolute atomic E-state index is 13.4. The van der Waals surface area contributed by atoms with Crippen molar-refractivity contribution in [3.8, 4) is 17.1 Å². The molecular weight excluding hydrogens is 401 g/mol. The van der Waals surface area contributed by atoms with Crippen LogP contribution in [-0.4, -0.2) is 33.8 Å². The van der Waals surface area contributed by atoms with Crippen molar-refractivity contribution in [2.45, 2.75) is 25.1 Å². The fraction of sp³-hybridized carbons (Fsp3) is 0.300. The van der Waals surface area contributed by atoms with Crippen LogP contribution in [0.3, 0.4) is 0 Å². The third-order valence-corrected chi connectivity index (χ3v) is 4.81. The zero-order valence-corrected chi connectivity index (χ0v) is 15.6. The predicted octanol–water partition coefficient (Wildman–Crippen LogP) is 3.49. The topological polar surface area (TPSA) is 90.1 Å². The van der Waals surface area contributed by atoms with Crippen molar-refractivity contribution in [2.24, 2.45) is 5.92 Å². The van der Waals surface area contributed by atoms with Gasteiger partial charge < -0.3 is 14.6 Å². The van der Waals surface area contributed by atoms with Crippen molar-refractivity contribution < 1.29 is 27.2 Å². The second-order valence-corrected chi connectivity index (χ2v) is 6.90. The Bertz CT molecular complexity index is 1020. The molecule has 1 N–H and O–H groups in total. The van der Waals surface area contributed by atoms with Gasteiger partial charge in [-0.3, -0.25) is 9.78 Å². The largest absolute Gasteiger partial charge is 0.489 e. The number of hydrogen-bond donors (Lipinski definition) is 1. The molecule has 0 aliphatic carbocycles. The van der Waals surface area contributed by atoms with E-state index in [0.717, 1.165) is 5.56 Å². The lowest BCUT2D eigenvalue weighted by molar-refractivity contribution is -0.190. The minimum absolute atomic E-state index is 0.148. The molecule has 0 saturated carbocycles. The van der Waals surface area contributed by atoms with E-state index in [9.17, 15) is 18.0 Å². The molecule has 3 heterocycles. The SMILES string of the molecule is O=C1CC(C(F)(F)F)C(c2nc(-c3cccc(OCc4cccnc4)c3)no2)CN1. The average Bonchev–Trinajstić information content (AvgIpc) is 3.23. The van der Waals surface area contributed by atoms with Crippen molar-refractivity contribution >= 4 is 5.91 Å². The summed E-state index contributed by atoms with van der Waals surface area (Å²) in [6, 6.07) is 10.5. The summed E-state index contributed by atoms with van der Waals surface area (Å²) in [5, 5.41) is 6.26. The monoisotopic (exact) mass is 418 g/mol. The highest BCUT2D eigenvalue weighted by molar-refractivity contribution is 5.77. The molecule has 0 spiro atoms. The van der Waals surface area contributed by atoms with E-state index in [1.807, 2.05) is 6.07 Å². The second kappa shape index (κ2) is 8.13. The molecular formula is C20H17F3N4O3. The second-order valence-electron chi connectivity index (χ2n) is 6.90. The normalized spacial score (nSPS) is 19.4. The standard InChI is InChI=1S/C20H17F3N4O3/c21-20(22,23)16-8-17(28)25-10-15(16)19-26-18(27-30-19)13-4-1-5-14(7-13)29-11-12-3-2-6-24-9-12/h1-7,9,15-16H,8,10-11H2,(H,25,28). The lowest BCUT2D eigenvalue weighted by Gasteiger charge is -2.30. The van der Waals surface area contributed by atoms with Gasteiger partial charge in [0.25, 0.3) is 0 Å². The van der Waals surface area contributed by atoms with Crippen LogP contribution >= 0.6 is 0 Å². The smallest absolute Gasteiger partial charge is 0.393 e. The van der Waals surface area contributed by atoms with Crippen molar-refractivity contribution in [1.29, 1.82) is 0 Å². The van der Waals surface area contributed by atoms with E-state index in [0.29, 0.717) is 17.9 Å². The van der Waals surface area contributed by atoms with Gasteiger partial charge in [0.2, 0.25) is 17.6 Å². The van der Waals surface area contributed by atoms with Crippen molar-refractivity contribution in [3.63, 3.8) is 0 Å². The number of ether oxygens (including phenoxy) is 1. The molecule has 1 aliphatic rings. The Balaban J connectivity index is 1.51. The van der Waals surface area contributed by atoms with Crippen LogP contribution in [0.25, 0.3) is 11.4 Å². The molecule has 1 amide bonds. The van der Waals surface area contributed by atoms with Gasteiger partial charge in [0.15, 0.2) is 0 Å². The van der Waals surface area contributed by atoms with Crippen LogP contribution in [-0.2, 0) is 11.4 Å². The third-order valence-electron chi connectivity index (χ3n) is 4.81. The van der Waals surface area contributed by atoms with Crippen molar-refractivity contribution in [2.75, 3.05) is 6.54 Å². The first-order valence-electron chi connectivity index (χ1n) is 9.19. The van der Waals surface area contributed by atoms with E-state index in [1.54, 1.807) is 42.7 Å². The fourth-order valence-electron chi connectivity index (χ4n) is 3.26. The van der Waals surface area contributed by atoms with Crippen LogP contribution in [0.1, 0.15) is 23.8 Å². The van der Waals surface area contributed by atoms with Gasteiger partial charge in [-0.1, -0.05) is 23.4 Å². The molecule has 3 aromatic rings. The van der Waals surface area contributed by atoms with E-state index in [-0.39, 0.29) is 18.3 Å². The van der Waals surface area contributed by atoms with E-state index < -0.39 is 30.3 Å². The zero-order valence-electron chi connectivity index (χ0n) is 15.6. The van der Waals surface area contributed by atoms with Crippen LogP contribution in [0.15, 0.2) is 53.3 Å². The quantitative estimate of drug-likeness (QED) is 0.682. The molecule has 10 heteroatoms. The summed E-state index contributed by atoms with van der Waals surface area (Å²) in [7, 11) is 0. The summed E-state index contributed by atoms with van der Waals surface area (Å²) in [4.78, 5) is 19.6. The van der Waals surface area contributed by atoms with Gasteiger partial charge in [-0.25, -0.2) is 0 Å². The number of pyridine rings is 1. The molecule has 1 aliphatic heterocycles. The van der Waals surface area contributed by atoms with Gasteiger partial charge in [0.1, 0.15) is 12.4 Å². The van der Waals surface area contributed by atoms with Crippen molar-refractivity contribution in [1.82, 2.24) is 20.4 Å². The first kappa shape index (κ1) is 19.9. The Kier molecular flexibility index (Phi) is 5.39. The van der Waals surface area contributed by atoms with Crippen LogP contribution in [0.2, 0.25) is 0 Å². The third kappa shape index (κ3) is 4.42. The molecule has 156 valence electrons. The summed E-state index contributed by atoms with van der Waals surface area (Å²) in [5.41, 5.74) is 1.43. The Morgan fingerprint density at radius 2 is 2.10 bits per heavy atom. The number of halogens is 3. The number of benzene rings is 1. The van der Waals surface area contributed by atoms with E-state index in [4.69, 9.17) is 9.26 Å². The lowest BCUT2D eigenvalue weighted by Crippen LogP contribution is -2.45. The number of nitrogens with zero attached hydrogens (tertiary/aromatic N) is 3. The van der Waals surface area contributed by atoms with E-state index >= 15 is 0 Å². The number of carbonyl (C=O) groups is 1. The molecule has 0 radical (unpaired) electrons. The highest BCUT2D eigenvalue weighted by atomic mass is 19.4. The molecule has 2 aromatic heterocycles. The Hall–Kier alpha value is -3.43. The highest BCUT2D eigenvalue weighted by Gasteiger charge is 2.50. The number of alkyl halides is 3. The summed E-state index contributed by atoms with van der Waals surface area (Å²) >= 11 is 0. The van der Waals surface area contributed by atoms with Gasteiger partial charge in [0, 0.05) is 36.5 Å². The molecule has 0 bridgehead atoms. The van der Waals surface area contributed by atoms with Gasteiger partial charge in [-0.05, 0) is 18.2 Å². The molecule has 1 saturated heterocycles. The van der Waals surface area contributed by atoms with Gasteiger partial charge in [-0.2, -0.15) is 18.2 Å². The van der Waals surface area contributed by atoms with Crippen molar-refractivity contribution in [3.05, 3.63) is 60.2 Å². The number of amides is 1. The summed E-state index contributed by atoms with van der Waals surface area (Å²) in [6.45, 7) is 0.0999.